The zero-order valence-electron chi connectivity index (χ0n) is 42.7. The van der Waals surface area contributed by atoms with Crippen LogP contribution < -0.4 is 32.3 Å². The molecule has 76 heavy (non-hydrogen) atoms. The van der Waals surface area contributed by atoms with Crippen LogP contribution in [0.25, 0.3) is 21.5 Å². The third-order valence-corrected chi connectivity index (χ3v) is 12.2. The molecule has 19 heteroatoms. The van der Waals surface area contributed by atoms with E-state index in [9.17, 15) is 43.7 Å². The van der Waals surface area contributed by atoms with Crippen LogP contribution in [0.1, 0.15) is 61.8 Å². The summed E-state index contributed by atoms with van der Waals surface area (Å²) in [5.41, 5.74) is 9.68. The number of aliphatic hydroxyl groups is 2. The van der Waals surface area contributed by atoms with Crippen LogP contribution in [0.5, 0.6) is 0 Å². The quantitative estimate of drug-likeness (QED) is 0.0262. The first-order valence-electron chi connectivity index (χ1n) is 25.1. The van der Waals surface area contributed by atoms with Crippen LogP contribution in [0, 0.1) is 0 Å². The fourth-order valence-electron chi connectivity index (χ4n) is 8.22. The second-order valence-electron chi connectivity index (χ2n) is 17.8. The van der Waals surface area contributed by atoms with Gasteiger partial charge in [-0.1, -0.05) is 116 Å². The predicted molar refractivity (Wildman–Crippen MR) is 293 cm³/mol. The number of hydrogen-bond donors (Lipinski definition) is 8. The number of esters is 2. The van der Waals surface area contributed by atoms with Crippen molar-refractivity contribution in [2.75, 3.05) is 19.5 Å². The zero-order chi connectivity index (χ0) is 54.0. The molecule has 0 aliphatic heterocycles. The summed E-state index contributed by atoms with van der Waals surface area (Å²) in [6.45, 7) is 3.08. The number of halogens is 1. The molecule has 0 radical (unpaired) electrons. The van der Waals surface area contributed by atoms with Gasteiger partial charge in [-0.2, -0.15) is 0 Å². The molecule has 0 aliphatic carbocycles. The maximum absolute atomic E-state index is 13.3. The molecular weight excluding hydrogens is 991 g/mol. The Morgan fingerprint density at radius 2 is 0.947 bits per heavy atom. The van der Waals surface area contributed by atoms with E-state index < -0.39 is 85.0 Å². The second-order valence-corrected chi connectivity index (χ2v) is 17.8. The second kappa shape index (κ2) is 32.9. The van der Waals surface area contributed by atoms with Crippen molar-refractivity contribution in [1.82, 2.24) is 26.6 Å². The molecule has 6 rings (SSSR count). The molecule has 0 spiro atoms. The van der Waals surface area contributed by atoms with Crippen molar-refractivity contribution in [1.29, 1.82) is 0 Å². The van der Waals surface area contributed by atoms with Gasteiger partial charge in [-0.05, 0) is 40.3 Å². The molecule has 6 aromatic carbocycles. The van der Waals surface area contributed by atoms with Gasteiger partial charge in [0, 0.05) is 0 Å². The van der Waals surface area contributed by atoms with Gasteiger partial charge in [0.2, 0.25) is 5.91 Å². The van der Waals surface area contributed by atoms with Crippen molar-refractivity contribution < 1.29 is 53.2 Å². The van der Waals surface area contributed by atoms with Crippen LogP contribution >= 0.6 is 12.4 Å². The average molecular weight is 1060 g/mol. The fraction of sp³-hybridized carbons (Fsp3) is 0.333. The molecule has 0 aromatic heterocycles. The van der Waals surface area contributed by atoms with E-state index in [1.807, 2.05) is 159 Å². The van der Waals surface area contributed by atoms with Gasteiger partial charge in [0.05, 0.1) is 12.1 Å². The molecule has 0 heterocycles. The number of fused-ring (bicyclic) bond motifs is 2. The zero-order valence-corrected chi connectivity index (χ0v) is 43.5. The van der Waals surface area contributed by atoms with Gasteiger partial charge >= 0.3 is 192 Å². The van der Waals surface area contributed by atoms with Crippen LogP contribution in [0.4, 0.5) is 0 Å². The molecule has 0 saturated carbocycles. The van der Waals surface area contributed by atoms with Crippen LogP contribution in [0.3, 0.4) is 0 Å². The number of carbonyl (C=O) groups excluding carboxylic acids is 6. The molecule has 0 aliphatic rings. The summed E-state index contributed by atoms with van der Waals surface area (Å²) in [6, 6.07) is 42.2. The summed E-state index contributed by atoms with van der Waals surface area (Å²) in [4.78, 5) is 75.2. The van der Waals surface area contributed by atoms with E-state index in [0.29, 0.717) is 45.7 Å². The van der Waals surface area contributed by atoms with E-state index in [1.54, 1.807) is 0 Å². The number of nitrogens with one attached hydrogen (secondary N) is 5. The van der Waals surface area contributed by atoms with Gasteiger partial charge in [-0.15, -0.1) is 12.4 Å². The number of nitrogens with two attached hydrogens (primary N) is 1. The minimum atomic E-state index is -1.58. The predicted octanol–water partition coefficient (Wildman–Crippen LogP) is 4.49. The maximum atomic E-state index is 13.3. The molecule has 17 nitrogen and oxygen atoms in total. The Hall–Kier alpha value is -7.35. The van der Waals surface area contributed by atoms with Crippen molar-refractivity contribution in [2.45, 2.75) is 102 Å². The minimum Gasteiger partial charge on any atom is -0.147 e. The third-order valence-electron chi connectivity index (χ3n) is 12.2. The normalized spacial score (nSPS) is 13.1. The molecule has 6 atom stereocenters. The molecule has 0 bridgehead atoms. The first-order valence-corrected chi connectivity index (χ1v) is 25.1. The molecule has 6 aromatic rings. The van der Waals surface area contributed by atoms with Gasteiger partial charge in [-0.25, -0.2) is 0 Å². The van der Waals surface area contributed by atoms with Gasteiger partial charge in [0.1, 0.15) is 19.8 Å². The van der Waals surface area contributed by atoms with Gasteiger partial charge in [-0.3, -0.25) is 14.4 Å². The molecule has 9 N–H and O–H groups in total. The Balaban J connectivity index is 0.000000325. The van der Waals surface area contributed by atoms with E-state index >= 15 is 0 Å². The summed E-state index contributed by atoms with van der Waals surface area (Å²) in [7, 11) is 0.673. The molecule has 0 saturated heterocycles. The van der Waals surface area contributed by atoms with Crippen molar-refractivity contribution in [2.24, 2.45) is 5.73 Å². The number of benzene rings is 6. The van der Waals surface area contributed by atoms with Gasteiger partial charge in [0.15, 0.2) is 6.10 Å². The molecule has 402 valence electrons. The summed E-state index contributed by atoms with van der Waals surface area (Å²) in [5, 5.41) is 38.6. The van der Waals surface area contributed by atoms with E-state index in [4.69, 9.17) is 15.2 Å². The number of carbonyl (C=O) groups is 6. The summed E-state index contributed by atoms with van der Waals surface area (Å²) >= 11 is 0. The van der Waals surface area contributed by atoms with Gasteiger partial charge < -0.3 is 26.2 Å². The first kappa shape index (κ1) is 61.2. The SMILES string of the molecule is CCCC(NC(=O)[C@@H](N)Cc1cccc2ccccc12)C(O)C(=O)NCC(=O)OCc1ccccc1.CCCC(NC(=O)[C@H](Cc1cccc2ccccc12)NCB=O)C(O)C(=O)NCC(=O)OCc1ccccc1.Cl. The monoisotopic (exact) mass is 1060 g/mol. The van der Waals surface area contributed by atoms with Crippen molar-refractivity contribution >= 4 is 76.7 Å². The number of amides is 4. The van der Waals surface area contributed by atoms with E-state index in [-0.39, 0.29) is 32.1 Å². The van der Waals surface area contributed by atoms with Crippen LogP contribution in [-0.2, 0) is 69.0 Å². The van der Waals surface area contributed by atoms with Crippen LogP contribution in [-0.4, -0.2) is 109 Å². The molecular formula is C57H68BClN6O11. The van der Waals surface area contributed by atoms with Crippen LogP contribution in [0.15, 0.2) is 146 Å². The standard InChI is InChI=1S/C29H34BN3O6.C28H33N3O5.ClH/c1-2-9-24(27(35)29(37)31-17-26(34)39-18-20-10-4-3-5-11-20)33-28(36)25(32-19-30-38)16-22-14-8-13-21-12-6-7-15-23(21)22;1-2-9-24(26(33)28(35)30-17-25(32)36-18-19-10-4-3-5-11-19)31-27(34)23(29)16-21-14-8-13-20-12-6-7-15-22(20)21;/h3-8,10-15,24-25,27,32,35H,2,9,16-19H2,1H3,(H,31,37)(H,33,36);3-8,10-15,23-24,26,33H,2,9,16-18,29H2,1H3,(H,30,35)(H,31,34);1H/t24?,25-,27?;23-,24?,26?;/m00./s1. The van der Waals surface area contributed by atoms with Crippen molar-refractivity contribution in [3.05, 3.63) is 168 Å². The van der Waals surface area contributed by atoms with E-state index in [1.165, 1.54) is 0 Å². The minimum absolute atomic E-state index is 0. The van der Waals surface area contributed by atoms with Crippen molar-refractivity contribution in [3.63, 3.8) is 0 Å². The third kappa shape index (κ3) is 19.7. The Bertz CT molecular complexity index is 2800. The molecule has 4 unspecified atom stereocenters. The smallest absolute Gasteiger partial charge is 0.147 e. The Morgan fingerprint density at radius 1 is 0.539 bits per heavy atom. The summed E-state index contributed by atoms with van der Waals surface area (Å²) in [6.07, 6.45) is -0.655. The van der Waals surface area contributed by atoms with E-state index in [2.05, 4.69) is 26.6 Å². The van der Waals surface area contributed by atoms with E-state index in [0.717, 1.165) is 43.8 Å². The fourth-order valence-corrected chi connectivity index (χ4v) is 8.22. The number of aliphatic hydroxyl groups excluding tert-OH is 2. The Labute approximate surface area is 449 Å². The summed E-state index contributed by atoms with van der Waals surface area (Å²) in [5.74, 6) is -3.76. The number of ether oxygens (including phenoxy) is 2. The number of rotatable bonds is 27. The number of hydrogen-bond acceptors (Lipinski definition) is 13. The average Bonchev–Trinajstić information content (AvgIpc) is 3.43. The Morgan fingerprint density at radius 3 is 1.39 bits per heavy atom. The van der Waals surface area contributed by atoms with Crippen LogP contribution in [0.2, 0.25) is 0 Å². The van der Waals surface area contributed by atoms with Gasteiger partial charge in [0.25, 0.3) is 5.91 Å². The topological polar surface area (TPSA) is 265 Å². The first-order chi connectivity index (χ1) is 36.3. The molecule has 0 fully saturated rings. The summed E-state index contributed by atoms with van der Waals surface area (Å²) < 4.78 is 21.3. The van der Waals surface area contributed by atoms with Crippen molar-refractivity contribution in [3.8, 4) is 0 Å². The Kier molecular flexibility index (Phi) is 26.5. The molecule has 4 amide bonds.